The number of hydrogen-bond donors (Lipinski definition) is 1. The predicted octanol–water partition coefficient (Wildman–Crippen LogP) is 2.65. The van der Waals surface area contributed by atoms with Gasteiger partial charge in [0, 0.05) is 12.3 Å². The van der Waals surface area contributed by atoms with Crippen molar-refractivity contribution in [2.45, 2.75) is 5.03 Å². The van der Waals surface area contributed by atoms with Crippen LogP contribution >= 0.6 is 11.6 Å². The number of sulfonamides is 1. The van der Waals surface area contributed by atoms with E-state index in [1.54, 1.807) is 18.2 Å². The number of halogens is 2. The highest BCUT2D eigenvalue weighted by atomic mass is 35.5. The molecular formula is C16H11ClFN3O3S. The summed E-state index contributed by atoms with van der Waals surface area (Å²) in [6.07, 6.45) is 3.86. The summed E-state index contributed by atoms with van der Waals surface area (Å²) >= 11 is 5.91. The van der Waals surface area contributed by atoms with Crippen LogP contribution in [-0.4, -0.2) is 23.7 Å². The zero-order valence-corrected chi connectivity index (χ0v) is 14.1. The zero-order valence-electron chi connectivity index (χ0n) is 12.6. The lowest BCUT2D eigenvalue weighted by atomic mass is 10.2. The van der Waals surface area contributed by atoms with E-state index in [4.69, 9.17) is 11.6 Å². The van der Waals surface area contributed by atoms with E-state index in [1.807, 2.05) is 4.72 Å². The van der Waals surface area contributed by atoms with Crippen LogP contribution in [0.5, 0.6) is 0 Å². The average Bonchev–Trinajstić information content (AvgIpc) is 2.90. The molecule has 0 saturated heterocycles. The third kappa shape index (κ3) is 3.70. The molecule has 3 aromatic rings. The molecule has 128 valence electrons. The molecule has 0 fully saturated rings. The molecular weight excluding hydrogens is 369 g/mol. The van der Waals surface area contributed by atoms with Gasteiger partial charge in [-0.25, -0.2) is 14.1 Å². The van der Waals surface area contributed by atoms with Crippen molar-refractivity contribution in [3.8, 4) is 0 Å². The van der Waals surface area contributed by atoms with E-state index in [2.05, 4.69) is 4.98 Å². The van der Waals surface area contributed by atoms with Crippen molar-refractivity contribution in [3.63, 3.8) is 0 Å². The summed E-state index contributed by atoms with van der Waals surface area (Å²) in [6, 6.07) is 10.2. The number of hydrogen-bond acceptors (Lipinski definition) is 4. The van der Waals surface area contributed by atoms with Crippen molar-refractivity contribution < 1.29 is 17.6 Å². The molecule has 0 radical (unpaired) electrons. The van der Waals surface area contributed by atoms with Crippen LogP contribution in [0.15, 0.2) is 59.8 Å². The van der Waals surface area contributed by atoms with Crippen LogP contribution < -0.4 is 4.72 Å². The normalized spacial score (nSPS) is 11.9. The van der Waals surface area contributed by atoms with Crippen molar-refractivity contribution in [2.24, 2.45) is 0 Å². The van der Waals surface area contributed by atoms with Crippen LogP contribution in [0.3, 0.4) is 0 Å². The standard InChI is InChI=1S/C16H11ClFN3O3S/c17-15-16(21-10-2-1-3-13(21)19-15)25(23,24)20-14(22)9-6-11-4-7-12(18)8-5-11/h1-10H,(H,20,22)/b9-6+. The first-order valence-corrected chi connectivity index (χ1v) is 8.86. The second kappa shape index (κ2) is 6.66. The number of nitrogens with one attached hydrogen (secondary N) is 1. The van der Waals surface area contributed by atoms with Crippen molar-refractivity contribution in [2.75, 3.05) is 0 Å². The van der Waals surface area contributed by atoms with Crippen LogP contribution in [-0.2, 0) is 14.8 Å². The Morgan fingerprint density at radius 2 is 1.92 bits per heavy atom. The predicted molar refractivity (Wildman–Crippen MR) is 91.0 cm³/mol. The third-order valence-corrected chi connectivity index (χ3v) is 4.98. The quantitative estimate of drug-likeness (QED) is 0.707. The molecule has 0 aliphatic carbocycles. The van der Waals surface area contributed by atoms with Gasteiger partial charge in [-0.2, -0.15) is 8.42 Å². The highest BCUT2D eigenvalue weighted by Gasteiger charge is 2.25. The van der Waals surface area contributed by atoms with Crippen molar-refractivity contribution >= 4 is 39.3 Å². The summed E-state index contributed by atoms with van der Waals surface area (Å²) in [5.74, 6) is -1.28. The average molecular weight is 380 g/mol. The van der Waals surface area contributed by atoms with Gasteiger partial charge in [0.1, 0.15) is 11.5 Å². The van der Waals surface area contributed by atoms with Gasteiger partial charge in [0.2, 0.25) is 0 Å². The number of amides is 1. The number of nitrogens with zero attached hydrogens (tertiary/aromatic N) is 2. The van der Waals surface area contributed by atoms with Crippen LogP contribution in [0.1, 0.15) is 5.56 Å². The van der Waals surface area contributed by atoms with Crippen molar-refractivity contribution in [3.05, 3.63) is 71.3 Å². The van der Waals surface area contributed by atoms with E-state index in [0.717, 1.165) is 6.08 Å². The number of aromatic nitrogens is 2. The first-order valence-electron chi connectivity index (χ1n) is 7.00. The summed E-state index contributed by atoms with van der Waals surface area (Å²) in [4.78, 5) is 15.9. The van der Waals surface area contributed by atoms with Crippen LogP contribution in [0.4, 0.5) is 4.39 Å². The van der Waals surface area contributed by atoms with Gasteiger partial charge < -0.3 is 0 Å². The number of carbonyl (C=O) groups excluding carboxylic acids is 1. The van der Waals surface area contributed by atoms with Crippen molar-refractivity contribution in [1.82, 2.24) is 14.1 Å². The fraction of sp³-hybridized carbons (Fsp3) is 0. The molecule has 2 heterocycles. The number of pyridine rings is 1. The molecule has 9 heteroatoms. The lowest BCUT2D eigenvalue weighted by molar-refractivity contribution is -0.114. The van der Waals surface area contributed by atoms with E-state index < -0.39 is 21.7 Å². The Bertz CT molecular complexity index is 1080. The van der Waals surface area contributed by atoms with Gasteiger partial charge >= 0.3 is 0 Å². The van der Waals surface area contributed by atoms with E-state index in [1.165, 1.54) is 40.9 Å². The smallest absolute Gasteiger partial charge is 0.283 e. The Labute approximate surface area is 147 Å². The van der Waals surface area contributed by atoms with Gasteiger partial charge in [-0.3, -0.25) is 9.20 Å². The van der Waals surface area contributed by atoms with Crippen LogP contribution in [0, 0.1) is 5.82 Å². The first kappa shape index (κ1) is 17.1. The second-order valence-corrected chi connectivity index (χ2v) is 6.95. The molecule has 2 aromatic heterocycles. The highest BCUT2D eigenvalue weighted by molar-refractivity contribution is 7.90. The monoisotopic (exact) mass is 379 g/mol. The molecule has 1 amide bonds. The van der Waals surface area contributed by atoms with Gasteiger partial charge in [-0.1, -0.05) is 29.8 Å². The SMILES string of the molecule is O=C(/C=C/c1ccc(F)cc1)NS(=O)(=O)c1c(Cl)nc2ccccn12. The number of fused-ring (bicyclic) bond motifs is 1. The molecule has 0 bridgehead atoms. The molecule has 0 atom stereocenters. The lowest BCUT2D eigenvalue weighted by Crippen LogP contribution is -2.30. The number of carbonyl (C=O) groups is 1. The Kier molecular flexibility index (Phi) is 4.56. The molecule has 1 N–H and O–H groups in total. The molecule has 3 rings (SSSR count). The summed E-state index contributed by atoms with van der Waals surface area (Å²) < 4.78 is 40.9. The van der Waals surface area contributed by atoms with Gasteiger partial charge in [0.25, 0.3) is 15.9 Å². The van der Waals surface area contributed by atoms with E-state index in [9.17, 15) is 17.6 Å². The van der Waals surface area contributed by atoms with Gasteiger partial charge in [0.15, 0.2) is 10.2 Å². The first-order chi connectivity index (χ1) is 11.9. The Hall–Kier alpha value is -2.71. The maximum atomic E-state index is 12.8. The summed E-state index contributed by atoms with van der Waals surface area (Å²) in [5.41, 5.74) is 0.879. The molecule has 0 unspecified atom stereocenters. The topological polar surface area (TPSA) is 80.5 Å². The maximum Gasteiger partial charge on any atom is 0.283 e. The largest absolute Gasteiger partial charge is 0.288 e. The molecule has 25 heavy (non-hydrogen) atoms. The Morgan fingerprint density at radius 3 is 2.64 bits per heavy atom. The molecule has 0 aliphatic heterocycles. The summed E-state index contributed by atoms with van der Waals surface area (Å²) in [6.45, 7) is 0. The van der Waals surface area contributed by atoms with Gasteiger partial charge in [-0.15, -0.1) is 0 Å². The number of imidazole rings is 1. The third-order valence-electron chi connectivity index (χ3n) is 3.23. The molecule has 6 nitrogen and oxygen atoms in total. The van der Waals surface area contributed by atoms with Crippen molar-refractivity contribution in [1.29, 1.82) is 0 Å². The number of benzene rings is 1. The fourth-order valence-corrected chi connectivity index (χ4v) is 3.74. The maximum absolute atomic E-state index is 12.8. The number of rotatable bonds is 4. The molecule has 0 spiro atoms. The van der Waals surface area contributed by atoms with Gasteiger partial charge in [0.05, 0.1) is 0 Å². The minimum absolute atomic E-state index is 0.242. The minimum Gasteiger partial charge on any atom is -0.288 e. The molecule has 1 aromatic carbocycles. The Balaban J connectivity index is 1.84. The van der Waals surface area contributed by atoms with Gasteiger partial charge in [-0.05, 0) is 35.9 Å². The fourth-order valence-electron chi connectivity index (χ4n) is 2.15. The summed E-state index contributed by atoms with van der Waals surface area (Å²) in [7, 11) is -4.23. The Morgan fingerprint density at radius 1 is 1.20 bits per heavy atom. The summed E-state index contributed by atoms with van der Waals surface area (Å²) in [5, 5.41) is -0.567. The van der Waals surface area contributed by atoms with Crippen LogP contribution in [0.2, 0.25) is 5.15 Å². The highest BCUT2D eigenvalue weighted by Crippen LogP contribution is 2.22. The van der Waals surface area contributed by atoms with E-state index in [0.29, 0.717) is 11.2 Å². The molecule has 0 saturated carbocycles. The minimum atomic E-state index is -4.23. The molecule has 0 aliphatic rings. The van der Waals surface area contributed by atoms with E-state index in [-0.39, 0.29) is 10.2 Å². The zero-order chi connectivity index (χ0) is 18.0. The van der Waals surface area contributed by atoms with E-state index >= 15 is 0 Å². The van der Waals surface area contributed by atoms with Crippen LogP contribution in [0.25, 0.3) is 11.7 Å². The lowest BCUT2D eigenvalue weighted by Gasteiger charge is -2.05. The second-order valence-electron chi connectivity index (χ2n) is 4.99.